The van der Waals surface area contributed by atoms with Crippen LogP contribution in [0.2, 0.25) is 0 Å². The van der Waals surface area contributed by atoms with Gasteiger partial charge in [0, 0.05) is 31.1 Å². The lowest BCUT2D eigenvalue weighted by Gasteiger charge is -2.31. The summed E-state index contributed by atoms with van der Waals surface area (Å²) in [6.07, 6.45) is 3.49. The lowest BCUT2D eigenvalue weighted by atomic mass is 9.96. The van der Waals surface area contributed by atoms with Gasteiger partial charge in [0.25, 0.3) is 5.91 Å². The van der Waals surface area contributed by atoms with Crippen LogP contribution in [0.15, 0.2) is 34.7 Å². The van der Waals surface area contributed by atoms with Crippen LogP contribution in [0.25, 0.3) is 11.0 Å². The average Bonchev–Trinajstić information content (AvgIpc) is 3.40. The molecule has 7 heteroatoms. The Labute approximate surface area is 157 Å². The minimum atomic E-state index is -0.567. The zero-order chi connectivity index (χ0) is 18.8. The van der Waals surface area contributed by atoms with E-state index in [4.69, 9.17) is 4.42 Å². The van der Waals surface area contributed by atoms with Crippen LogP contribution >= 0.6 is 0 Å². The van der Waals surface area contributed by atoms with Gasteiger partial charge in [0.05, 0.1) is 0 Å². The van der Waals surface area contributed by atoms with Gasteiger partial charge in [0.1, 0.15) is 5.58 Å². The SMILES string of the molecule is O=C(NCC1CCN(C(=O)c2cc3ccccc3o2)CC1)C(=O)NC1CC1. The van der Waals surface area contributed by atoms with Gasteiger partial charge >= 0.3 is 11.8 Å². The fourth-order valence-electron chi connectivity index (χ4n) is 3.38. The van der Waals surface area contributed by atoms with Gasteiger partial charge in [0.2, 0.25) is 0 Å². The van der Waals surface area contributed by atoms with Crippen molar-refractivity contribution in [3.05, 3.63) is 36.1 Å². The first-order valence-electron chi connectivity index (χ1n) is 9.46. The molecule has 142 valence electrons. The molecule has 1 aromatic carbocycles. The van der Waals surface area contributed by atoms with Crippen LogP contribution in [-0.4, -0.2) is 48.3 Å². The first kappa shape index (κ1) is 17.6. The Morgan fingerprint density at radius 2 is 1.78 bits per heavy atom. The lowest BCUT2D eigenvalue weighted by Crippen LogP contribution is -2.45. The summed E-state index contributed by atoms with van der Waals surface area (Å²) in [6.45, 7) is 1.69. The first-order valence-corrected chi connectivity index (χ1v) is 9.46. The second-order valence-electron chi connectivity index (χ2n) is 7.34. The summed E-state index contributed by atoms with van der Waals surface area (Å²) in [5, 5.41) is 6.30. The molecule has 0 unspecified atom stereocenters. The molecular weight excluding hydrogens is 346 g/mol. The molecule has 1 aliphatic carbocycles. The third-order valence-corrected chi connectivity index (χ3v) is 5.21. The number of rotatable bonds is 4. The molecule has 2 aliphatic rings. The monoisotopic (exact) mass is 369 g/mol. The maximum absolute atomic E-state index is 12.6. The maximum atomic E-state index is 12.6. The predicted molar refractivity (Wildman–Crippen MR) is 99.0 cm³/mol. The van der Waals surface area contributed by atoms with Crippen LogP contribution in [0.1, 0.15) is 36.2 Å². The average molecular weight is 369 g/mol. The zero-order valence-corrected chi connectivity index (χ0v) is 15.1. The second-order valence-corrected chi connectivity index (χ2v) is 7.34. The Balaban J connectivity index is 1.25. The third kappa shape index (κ3) is 4.13. The van der Waals surface area contributed by atoms with E-state index in [2.05, 4.69) is 10.6 Å². The predicted octanol–water partition coefficient (Wildman–Crippen LogP) is 1.68. The number of hydrogen-bond donors (Lipinski definition) is 2. The number of likely N-dealkylation sites (tertiary alicyclic amines) is 1. The molecule has 2 fully saturated rings. The molecule has 1 saturated heterocycles. The first-order chi connectivity index (χ1) is 13.1. The Hall–Kier alpha value is -2.83. The number of nitrogens with zero attached hydrogens (tertiary/aromatic N) is 1. The summed E-state index contributed by atoms with van der Waals surface area (Å²) < 4.78 is 5.66. The van der Waals surface area contributed by atoms with Crippen LogP contribution in [-0.2, 0) is 9.59 Å². The highest BCUT2D eigenvalue weighted by Crippen LogP contribution is 2.23. The summed E-state index contributed by atoms with van der Waals surface area (Å²) in [5.74, 6) is -0.586. The van der Waals surface area contributed by atoms with Crippen molar-refractivity contribution < 1.29 is 18.8 Å². The number of fused-ring (bicyclic) bond motifs is 1. The zero-order valence-electron chi connectivity index (χ0n) is 15.1. The fraction of sp³-hybridized carbons (Fsp3) is 0.450. The van der Waals surface area contributed by atoms with Crippen molar-refractivity contribution >= 4 is 28.7 Å². The van der Waals surface area contributed by atoms with Crippen molar-refractivity contribution in [2.75, 3.05) is 19.6 Å². The summed E-state index contributed by atoms with van der Waals surface area (Å²) in [4.78, 5) is 37.9. The Morgan fingerprint density at radius 1 is 1.04 bits per heavy atom. The minimum Gasteiger partial charge on any atom is -0.451 e. The number of hydrogen-bond acceptors (Lipinski definition) is 4. The van der Waals surface area contributed by atoms with E-state index in [1.807, 2.05) is 24.3 Å². The van der Waals surface area contributed by atoms with E-state index in [-0.39, 0.29) is 17.9 Å². The molecule has 1 aromatic heterocycles. The van der Waals surface area contributed by atoms with Crippen LogP contribution in [0.4, 0.5) is 0 Å². The molecule has 3 amide bonds. The quantitative estimate of drug-likeness (QED) is 0.802. The maximum Gasteiger partial charge on any atom is 0.309 e. The molecule has 27 heavy (non-hydrogen) atoms. The van der Waals surface area contributed by atoms with Crippen LogP contribution < -0.4 is 10.6 Å². The molecule has 2 heterocycles. The highest BCUT2D eigenvalue weighted by Gasteiger charge is 2.28. The van der Waals surface area contributed by atoms with E-state index in [9.17, 15) is 14.4 Å². The number of para-hydroxylation sites is 1. The largest absolute Gasteiger partial charge is 0.451 e. The van der Waals surface area contributed by atoms with E-state index in [1.165, 1.54) is 0 Å². The summed E-state index contributed by atoms with van der Waals surface area (Å²) in [5.41, 5.74) is 0.711. The number of amides is 3. The van der Waals surface area contributed by atoms with E-state index in [1.54, 1.807) is 11.0 Å². The van der Waals surface area contributed by atoms with Crippen LogP contribution in [0.5, 0.6) is 0 Å². The molecule has 4 rings (SSSR count). The standard InChI is InChI=1S/C20H23N3O4/c24-18(19(25)22-15-5-6-15)21-12-13-7-9-23(10-8-13)20(26)17-11-14-3-1-2-4-16(14)27-17/h1-4,11,13,15H,5-10,12H2,(H,21,24)(H,22,25). The molecule has 2 aromatic rings. The lowest BCUT2D eigenvalue weighted by molar-refractivity contribution is -0.139. The van der Waals surface area contributed by atoms with Crippen molar-refractivity contribution in [2.24, 2.45) is 5.92 Å². The van der Waals surface area contributed by atoms with E-state index in [0.29, 0.717) is 31.0 Å². The smallest absolute Gasteiger partial charge is 0.309 e. The van der Waals surface area contributed by atoms with E-state index in [0.717, 1.165) is 31.1 Å². The highest BCUT2D eigenvalue weighted by atomic mass is 16.3. The normalized spacial score (nSPS) is 17.7. The molecule has 1 aliphatic heterocycles. The molecule has 7 nitrogen and oxygen atoms in total. The van der Waals surface area contributed by atoms with Gasteiger partial charge in [-0.1, -0.05) is 18.2 Å². The van der Waals surface area contributed by atoms with Crippen molar-refractivity contribution in [1.82, 2.24) is 15.5 Å². The molecule has 2 N–H and O–H groups in total. The Kier molecular flexibility index (Phi) is 4.83. The van der Waals surface area contributed by atoms with Crippen molar-refractivity contribution in [3.8, 4) is 0 Å². The van der Waals surface area contributed by atoms with Gasteiger partial charge in [-0.2, -0.15) is 0 Å². The topological polar surface area (TPSA) is 91.7 Å². The number of carbonyl (C=O) groups is 3. The minimum absolute atomic E-state index is 0.0995. The van der Waals surface area contributed by atoms with Gasteiger partial charge in [0.15, 0.2) is 5.76 Å². The van der Waals surface area contributed by atoms with Crippen molar-refractivity contribution in [1.29, 1.82) is 0 Å². The Bertz CT molecular complexity index is 830. The van der Waals surface area contributed by atoms with E-state index < -0.39 is 11.8 Å². The number of piperidine rings is 1. The number of carbonyl (C=O) groups excluding carboxylic acids is 3. The van der Waals surface area contributed by atoms with E-state index >= 15 is 0 Å². The van der Waals surface area contributed by atoms with Crippen LogP contribution in [0.3, 0.4) is 0 Å². The number of benzene rings is 1. The van der Waals surface area contributed by atoms with Gasteiger partial charge in [-0.3, -0.25) is 14.4 Å². The molecular formula is C20H23N3O4. The van der Waals surface area contributed by atoms with Gasteiger partial charge in [-0.15, -0.1) is 0 Å². The molecule has 0 radical (unpaired) electrons. The van der Waals surface area contributed by atoms with Crippen molar-refractivity contribution in [3.63, 3.8) is 0 Å². The Morgan fingerprint density at radius 3 is 2.48 bits per heavy atom. The molecule has 0 spiro atoms. The van der Waals surface area contributed by atoms with Gasteiger partial charge in [-0.05, 0) is 43.7 Å². The van der Waals surface area contributed by atoms with Gasteiger partial charge in [-0.25, -0.2) is 0 Å². The third-order valence-electron chi connectivity index (χ3n) is 5.21. The summed E-state index contributed by atoms with van der Waals surface area (Å²) in [7, 11) is 0. The van der Waals surface area contributed by atoms with Crippen molar-refractivity contribution in [2.45, 2.75) is 31.7 Å². The summed E-state index contributed by atoms with van der Waals surface area (Å²) in [6, 6.07) is 9.52. The number of furan rings is 1. The molecule has 0 atom stereocenters. The fourth-order valence-corrected chi connectivity index (χ4v) is 3.38. The summed E-state index contributed by atoms with van der Waals surface area (Å²) >= 11 is 0. The molecule has 1 saturated carbocycles. The molecule has 0 bridgehead atoms. The highest BCUT2D eigenvalue weighted by molar-refractivity contribution is 6.35. The van der Waals surface area contributed by atoms with Gasteiger partial charge < -0.3 is 20.0 Å². The van der Waals surface area contributed by atoms with Crippen LogP contribution in [0, 0.1) is 5.92 Å². The second kappa shape index (κ2) is 7.42. The number of nitrogens with one attached hydrogen (secondary N) is 2.